The van der Waals surface area contributed by atoms with Crippen LogP contribution in [0.4, 0.5) is 8.78 Å². The smallest absolute Gasteiger partial charge is 0.271 e. The molecule has 2 N–H and O–H groups in total. The van der Waals surface area contributed by atoms with Gasteiger partial charge in [-0.1, -0.05) is 13.0 Å². The highest BCUT2D eigenvalue weighted by molar-refractivity contribution is 6.02. The zero-order valence-corrected chi connectivity index (χ0v) is 20.9. The Labute approximate surface area is 213 Å². The minimum Gasteiger partial charge on any atom is -0.496 e. The summed E-state index contributed by atoms with van der Waals surface area (Å²) in [5.74, 6) is -4.07. The number of benzene rings is 1. The van der Waals surface area contributed by atoms with Crippen LogP contribution in [-0.2, 0) is 14.4 Å². The molecule has 2 saturated carbocycles. The second-order valence-electron chi connectivity index (χ2n) is 10.6. The Bertz CT molecular complexity index is 1270. The molecule has 2 aromatic rings. The van der Waals surface area contributed by atoms with Crippen molar-refractivity contribution in [1.82, 2.24) is 15.2 Å². The number of ketones is 2. The number of nitrogens with one attached hydrogen (secondary N) is 2. The maximum atomic E-state index is 14.4. The van der Waals surface area contributed by atoms with Gasteiger partial charge in [0, 0.05) is 42.6 Å². The molecule has 2 heterocycles. The quantitative estimate of drug-likeness (QED) is 0.558. The SMILES string of the molecule is CCC(=O)[C@H](C[C@@H]1CCCC1=O)NC(=O)[C@@H]1C[C@@]2(CN1C(=O)c1cc3c(OC)cccc3[nH]1)CC2(F)F. The van der Waals surface area contributed by atoms with Crippen molar-refractivity contribution in [2.24, 2.45) is 11.3 Å². The predicted octanol–water partition coefficient (Wildman–Crippen LogP) is 3.64. The van der Waals surface area contributed by atoms with Crippen molar-refractivity contribution >= 4 is 34.3 Å². The molecular formula is C27H31F2N3O5. The first-order chi connectivity index (χ1) is 17.6. The minimum absolute atomic E-state index is 0.0756. The van der Waals surface area contributed by atoms with Gasteiger partial charge in [-0.15, -0.1) is 0 Å². The Morgan fingerprint density at radius 1 is 1.30 bits per heavy atom. The lowest BCUT2D eigenvalue weighted by atomic mass is 9.93. The Kier molecular flexibility index (Phi) is 6.32. The summed E-state index contributed by atoms with van der Waals surface area (Å²) in [7, 11) is 1.51. The van der Waals surface area contributed by atoms with Gasteiger partial charge in [0.1, 0.15) is 23.3 Å². The largest absolute Gasteiger partial charge is 0.496 e. The van der Waals surface area contributed by atoms with E-state index in [1.165, 1.54) is 12.0 Å². The van der Waals surface area contributed by atoms with Crippen LogP contribution in [0.1, 0.15) is 62.4 Å². The molecule has 8 nitrogen and oxygen atoms in total. The second-order valence-corrected chi connectivity index (χ2v) is 10.6. The molecule has 1 aliphatic heterocycles. The third-order valence-electron chi connectivity index (χ3n) is 8.29. The minimum atomic E-state index is -2.96. The van der Waals surface area contributed by atoms with E-state index in [9.17, 15) is 28.0 Å². The molecule has 3 aliphatic rings. The fraction of sp³-hybridized carbons (Fsp3) is 0.556. The molecule has 4 atom stereocenters. The zero-order chi connectivity index (χ0) is 26.5. The predicted molar refractivity (Wildman–Crippen MR) is 130 cm³/mol. The maximum absolute atomic E-state index is 14.4. The van der Waals surface area contributed by atoms with E-state index in [0.717, 1.165) is 6.42 Å². The highest BCUT2D eigenvalue weighted by atomic mass is 19.3. The molecule has 1 aromatic carbocycles. The van der Waals surface area contributed by atoms with Gasteiger partial charge in [-0.3, -0.25) is 19.2 Å². The monoisotopic (exact) mass is 515 g/mol. The number of halogens is 2. The van der Waals surface area contributed by atoms with Crippen LogP contribution < -0.4 is 10.1 Å². The summed E-state index contributed by atoms with van der Waals surface area (Å²) in [5.41, 5.74) is -0.639. The number of fused-ring (bicyclic) bond motifs is 1. The second kappa shape index (κ2) is 9.22. The molecule has 1 saturated heterocycles. The number of alkyl halides is 2. The van der Waals surface area contributed by atoms with Crippen molar-refractivity contribution in [3.05, 3.63) is 30.0 Å². The highest BCUT2D eigenvalue weighted by Gasteiger charge is 2.75. The fourth-order valence-electron chi connectivity index (χ4n) is 5.98. The Hall–Kier alpha value is -3.30. The molecule has 1 aromatic heterocycles. The number of methoxy groups -OCH3 is 1. The zero-order valence-electron chi connectivity index (χ0n) is 20.9. The summed E-state index contributed by atoms with van der Waals surface area (Å²) in [6.45, 7) is 1.42. The summed E-state index contributed by atoms with van der Waals surface area (Å²) >= 11 is 0. The van der Waals surface area contributed by atoms with Crippen molar-refractivity contribution in [2.75, 3.05) is 13.7 Å². The van der Waals surface area contributed by atoms with E-state index in [4.69, 9.17) is 4.74 Å². The number of likely N-dealkylation sites (tertiary alicyclic amines) is 1. The number of Topliss-reactive ketones (excluding diaryl/α,β-unsaturated/α-hetero) is 2. The van der Waals surface area contributed by atoms with E-state index in [-0.39, 0.29) is 55.4 Å². The number of ether oxygens (including phenoxy) is 1. The molecule has 2 aliphatic carbocycles. The average Bonchev–Trinajstić information content (AvgIpc) is 3.36. The number of nitrogens with zero attached hydrogens (tertiary/aromatic N) is 1. The van der Waals surface area contributed by atoms with Gasteiger partial charge >= 0.3 is 0 Å². The van der Waals surface area contributed by atoms with Crippen LogP contribution >= 0.6 is 0 Å². The molecule has 0 unspecified atom stereocenters. The number of H-pyrrole nitrogens is 1. The van der Waals surface area contributed by atoms with E-state index in [1.54, 1.807) is 31.2 Å². The summed E-state index contributed by atoms with van der Waals surface area (Å²) in [4.78, 5) is 56.1. The normalized spacial score (nSPS) is 27.0. The first-order valence-electron chi connectivity index (χ1n) is 12.8. The molecular weight excluding hydrogens is 484 g/mol. The third-order valence-corrected chi connectivity index (χ3v) is 8.29. The summed E-state index contributed by atoms with van der Waals surface area (Å²) in [6, 6.07) is 4.82. The molecule has 198 valence electrons. The number of rotatable bonds is 8. The van der Waals surface area contributed by atoms with Gasteiger partial charge in [0.15, 0.2) is 5.78 Å². The van der Waals surface area contributed by atoms with Crippen LogP contribution in [0.2, 0.25) is 0 Å². The lowest BCUT2D eigenvalue weighted by molar-refractivity contribution is -0.131. The van der Waals surface area contributed by atoms with Crippen LogP contribution in [0, 0.1) is 11.3 Å². The third kappa shape index (κ3) is 4.40. The molecule has 37 heavy (non-hydrogen) atoms. The summed E-state index contributed by atoms with van der Waals surface area (Å²) in [5, 5.41) is 3.38. The number of aromatic amines is 1. The van der Waals surface area contributed by atoms with Crippen LogP contribution in [0.15, 0.2) is 24.3 Å². The van der Waals surface area contributed by atoms with Crippen molar-refractivity contribution in [3.8, 4) is 5.75 Å². The van der Waals surface area contributed by atoms with Crippen LogP contribution in [0.5, 0.6) is 5.75 Å². The number of carbonyl (C=O) groups is 4. The van der Waals surface area contributed by atoms with Gasteiger partial charge in [0.25, 0.3) is 11.8 Å². The molecule has 10 heteroatoms. The van der Waals surface area contributed by atoms with Gasteiger partial charge < -0.3 is 19.9 Å². The van der Waals surface area contributed by atoms with Crippen molar-refractivity contribution in [1.29, 1.82) is 0 Å². The molecule has 0 bridgehead atoms. The molecule has 3 fully saturated rings. The van der Waals surface area contributed by atoms with Crippen molar-refractivity contribution in [3.63, 3.8) is 0 Å². The van der Waals surface area contributed by atoms with Gasteiger partial charge in [-0.05, 0) is 43.9 Å². The van der Waals surface area contributed by atoms with E-state index in [2.05, 4.69) is 10.3 Å². The van der Waals surface area contributed by atoms with E-state index < -0.39 is 35.2 Å². The molecule has 1 spiro atoms. The van der Waals surface area contributed by atoms with Crippen molar-refractivity contribution in [2.45, 2.75) is 69.9 Å². The van der Waals surface area contributed by atoms with Crippen LogP contribution in [0.3, 0.4) is 0 Å². The summed E-state index contributed by atoms with van der Waals surface area (Å²) in [6.07, 6.45) is 1.67. The Balaban J connectivity index is 1.40. The van der Waals surface area contributed by atoms with E-state index >= 15 is 0 Å². The average molecular weight is 516 g/mol. The van der Waals surface area contributed by atoms with E-state index in [0.29, 0.717) is 29.5 Å². The Morgan fingerprint density at radius 2 is 2.05 bits per heavy atom. The van der Waals surface area contributed by atoms with Gasteiger partial charge in [0.2, 0.25) is 5.91 Å². The van der Waals surface area contributed by atoms with E-state index in [1.807, 2.05) is 0 Å². The number of hydrogen-bond acceptors (Lipinski definition) is 5. The topological polar surface area (TPSA) is 109 Å². The van der Waals surface area contributed by atoms with Gasteiger partial charge in [0.05, 0.1) is 18.6 Å². The van der Waals surface area contributed by atoms with Crippen LogP contribution in [-0.4, -0.2) is 64.9 Å². The Morgan fingerprint density at radius 3 is 2.68 bits per heavy atom. The van der Waals surface area contributed by atoms with Crippen LogP contribution in [0.25, 0.3) is 10.9 Å². The first-order valence-corrected chi connectivity index (χ1v) is 12.8. The molecule has 2 amide bonds. The number of hydrogen-bond donors (Lipinski definition) is 2. The number of aromatic nitrogens is 1. The fourth-order valence-corrected chi connectivity index (χ4v) is 5.98. The van der Waals surface area contributed by atoms with Crippen molar-refractivity contribution < 1.29 is 32.7 Å². The van der Waals surface area contributed by atoms with Gasteiger partial charge in [-0.2, -0.15) is 0 Å². The molecule has 5 rings (SSSR count). The number of carbonyl (C=O) groups excluding carboxylic acids is 4. The number of amides is 2. The maximum Gasteiger partial charge on any atom is 0.271 e. The standard InChI is InChI=1S/C27H31F2N3O5/c1-3-21(33)18(10-15-6-4-8-22(15)34)31-24(35)20-12-26(13-27(26,28)29)14-32(20)25(36)19-11-16-17(30-19)7-5-9-23(16)37-2/h5,7,9,11,15,18,20,30H,3-4,6,8,10,12-14H2,1-2H3,(H,31,35)/t15-,18-,20-,26-/m0/s1. The highest BCUT2D eigenvalue weighted by Crippen LogP contribution is 2.66. The molecule has 0 radical (unpaired) electrons. The van der Waals surface area contributed by atoms with Gasteiger partial charge in [-0.25, -0.2) is 8.78 Å². The lowest BCUT2D eigenvalue weighted by Crippen LogP contribution is -2.51. The lowest BCUT2D eigenvalue weighted by Gasteiger charge is -2.26. The summed E-state index contributed by atoms with van der Waals surface area (Å²) < 4.78 is 34.2. The first kappa shape index (κ1) is 25.4.